The van der Waals surface area contributed by atoms with E-state index in [2.05, 4.69) is 13.1 Å². The molecule has 0 aliphatic carbocycles. The lowest BCUT2D eigenvalue weighted by Crippen LogP contribution is -2.52. The Morgan fingerprint density at radius 3 is 2.50 bits per heavy atom. The number of ether oxygens (including phenoxy) is 1. The molecule has 10 heavy (non-hydrogen) atoms. The topological polar surface area (TPSA) is 18.5 Å². The molecule has 0 aromatic carbocycles. The van der Waals surface area contributed by atoms with Crippen LogP contribution in [0.15, 0.2) is 0 Å². The maximum atomic E-state index is 5.65. The molecule has 0 radical (unpaired) electrons. The minimum atomic E-state index is -1.44. The van der Waals surface area contributed by atoms with Crippen molar-refractivity contribution in [2.24, 2.45) is 0 Å². The van der Waals surface area contributed by atoms with Gasteiger partial charge in [-0.1, -0.05) is 0 Å². The van der Waals surface area contributed by atoms with Gasteiger partial charge in [-0.2, -0.15) is 0 Å². The molecule has 0 aromatic rings. The van der Waals surface area contributed by atoms with Gasteiger partial charge in [0.05, 0.1) is 5.73 Å². The molecule has 0 aromatic heterocycles. The quantitative estimate of drug-likeness (QED) is 0.583. The first-order chi connectivity index (χ1) is 4.67. The first kappa shape index (κ1) is 8.24. The predicted molar refractivity (Wildman–Crippen MR) is 43.5 cm³/mol. The Bertz CT molecular complexity index is 110. The smallest absolute Gasteiger partial charge is 0.215 e. The molecule has 1 aliphatic heterocycles. The minimum Gasteiger partial charge on any atom is -0.415 e. The van der Waals surface area contributed by atoms with Gasteiger partial charge in [0.25, 0.3) is 0 Å². The van der Waals surface area contributed by atoms with E-state index in [0.717, 1.165) is 13.2 Å². The molecule has 1 fully saturated rings. The van der Waals surface area contributed by atoms with Crippen molar-refractivity contribution in [1.29, 1.82) is 0 Å². The molecule has 2 nitrogen and oxygen atoms in total. The van der Waals surface area contributed by atoms with Crippen LogP contribution in [-0.2, 0) is 9.16 Å². The number of rotatable bonds is 3. The van der Waals surface area contributed by atoms with Gasteiger partial charge in [0.1, 0.15) is 0 Å². The number of hydrogen-bond acceptors (Lipinski definition) is 2. The van der Waals surface area contributed by atoms with Gasteiger partial charge in [0, 0.05) is 13.2 Å². The van der Waals surface area contributed by atoms with E-state index in [1.54, 1.807) is 0 Å². The molecule has 1 aliphatic rings. The fourth-order valence-electron chi connectivity index (χ4n) is 1.25. The fourth-order valence-corrected chi connectivity index (χ4v) is 3.51. The molecule has 0 spiro atoms. The van der Waals surface area contributed by atoms with Crippen LogP contribution < -0.4 is 0 Å². The summed E-state index contributed by atoms with van der Waals surface area (Å²) in [5.74, 6) is 0. The molecule has 1 unspecified atom stereocenters. The fraction of sp³-hybridized carbons (Fsp3) is 1.00. The van der Waals surface area contributed by atoms with Crippen molar-refractivity contribution in [3.63, 3.8) is 0 Å². The third-order valence-corrected chi connectivity index (χ3v) is 5.03. The average molecular weight is 160 g/mol. The molecule has 0 N–H and O–H groups in total. The molecule has 0 bridgehead atoms. The van der Waals surface area contributed by atoms with Gasteiger partial charge in [-0.05, 0) is 26.4 Å². The van der Waals surface area contributed by atoms with E-state index in [-0.39, 0.29) is 0 Å². The van der Waals surface area contributed by atoms with Crippen molar-refractivity contribution in [1.82, 2.24) is 0 Å². The second-order valence-corrected chi connectivity index (χ2v) is 7.32. The van der Waals surface area contributed by atoms with E-state index in [1.165, 1.54) is 6.42 Å². The molecule has 60 valence electrons. The maximum absolute atomic E-state index is 5.65. The largest absolute Gasteiger partial charge is 0.415 e. The lowest BCUT2D eigenvalue weighted by Gasteiger charge is -2.37. The minimum absolute atomic E-state index is 0.465. The van der Waals surface area contributed by atoms with Crippen LogP contribution in [0.3, 0.4) is 0 Å². The molecular formula is C7H16O2Si. The Balaban J connectivity index is 2.33. The molecule has 1 saturated heterocycles. The van der Waals surface area contributed by atoms with Crippen molar-refractivity contribution in [3.05, 3.63) is 0 Å². The Labute approximate surface area is 63.7 Å². The van der Waals surface area contributed by atoms with Gasteiger partial charge in [-0.25, -0.2) is 0 Å². The van der Waals surface area contributed by atoms with Crippen molar-refractivity contribution < 1.29 is 9.16 Å². The van der Waals surface area contributed by atoms with Gasteiger partial charge in [0.15, 0.2) is 0 Å². The van der Waals surface area contributed by atoms with Crippen LogP contribution in [0.25, 0.3) is 0 Å². The Morgan fingerprint density at radius 2 is 2.20 bits per heavy atom. The summed E-state index contributed by atoms with van der Waals surface area (Å²) in [4.78, 5) is 0. The van der Waals surface area contributed by atoms with E-state index in [9.17, 15) is 0 Å². The molecule has 1 heterocycles. The second kappa shape index (κ2) is 3.03. The molecule has 3 heteroatoms. The first-order valence-electron chi connectivity index (χ1n) is 3.92. The van der Waals surface area contributed by atoms with Gasteiger partial charge in [-0.15, -0.1) is 0 Å². The zero-order chi connectivity index (χ0) is 7.61. The van der Waals surface area contributed by atoms with Gasteiger partial charge < -0.3 is 9.16 Å². The monoisotopic (exact) mass is 160 g/mol. The molecular weight excluding hydrogens is 144 g/mol. The number of hydrogen-bond donors (Lipinski definition) is 0. The lowest BCUT2D eigenvalue weighted by molar-refractivity contribution is -0.0157. The average Bonchev–Trinajstić information content (AvgIpc) is 1.56. The summed E-state index contributed by atoms with van der Waals surface area (Å²) in [5.41, 5.74) is 0.465. The highest BCUT2D eigenvalue weighted by molar-refractivity contribution is 6.72. The SMILES string of the molecule is CCO[Si](C)(C)C1CCO1. The Hall–Kier alpha value is 0.137. The summed E-state index contributed by atoms with van der Waals surface area (Å²) in [5, 5.41) is 0. The first-order valence-corrected chi connectivity index (χ1v) is 6.91. The van der Waals surface area contributed by atoms with Crippen molar-refractivity contribution in [2.75, 3.05) is 13.2 Å². The second-order valence-electron chi connectivity index (χ2n) is 3.18. The highest BCUT2D eigenvalue weighted by Crippen LogP contribution is 2.23. The van der Waals surface area contributed by atoms with E-state index < -0.39 is 8.32 Å². The summed E-state index contributed by atoms with van der Waals surface area (Å²) in [6.45, 7) is 8.27. The summed E-state index contributed by atoms with van der Waals surface area (Å²) in [7, 11) is -1.44. The lowest BCUT2D eigenvalue weighted by atomic mass is 10.4. The van der Waals surface area contributed by atoms with E-state index in [1.807, 2.05) is 6.92 Å². The highest BCUT2D eigenvalue weighted by atomic mass is 28.4. The van der Waals surface area contributed by atoms with Gasteiger partial charge in [0.2, 0.25) is 8.32 Å². The zero-order valence-corrected chi connectivity index (χ0v) is 8.02. The third kappa shape index (κ3) is 1.59. The van der Waals surface area contributed by atoms with Gasteiger partial charge in [-0.3, -0.25) is 0 Å². The van der Waals surface area contributed by atoms with Crippen LogP contribution in [0.4, 0.5) is 0 Å². The molecule has 0 saturated carbocycles. The summed E-state index contributed by atoms with van der Waals surface area (Å²) in [6.07, 6.45) is 1.21. The van der Waals surface area contributed by atoms with Crippen LogP contribution in [0, 0.1) is 0 Å². The van der Waals surface area contributed by atoms with E-state index in [0.29, 0.717) is 5.73 Å². The molecule has 0 amide bonds. The highest BCUT2D eigenvalue weighted by Gasteiger charge is 2.38. The van der Waals surface area contributed by atoms with Crippen LogP contribution in [0.2, 0.25) is 13.1 Å². The predicted octanol–water partition coefficient (Wildman–Crippen LogP) is 1.56. The summed E-state index contributed by atoms with van der Waals surface area (Å²) in [6, 6.07) is 0. The van der Waals surface area contributed by atoms with Crippen molar-refractivity contribution in [2.45, 2.75) is 32.2 Å². The van der Waals surface area contributed by atoms with Gasteiger partial charge >= 0.3 is 0 Å². The summed E-state index contributed by atoms with van der Waals surface area (Å²) < 4.78 is 11.0. The standard InChI is InChI=1S/C7H16O2Si/c1-4-9-10(2,3)7-5-6-8-7/h7H,4-6H2,1-3H3. The Morgan fingerprint density at radius 1 is 1.60 bits per heavy atom. The van der Waals surface area contributed by atoms with Crippen LogP contribution in [0.5, 0.6) is 0 Å². The van der Waals surface area contributed by atoms with Crippen LogP contribution in [0.1, 0.15) is 13.3 Å². The van der Waals surface area contributed by atoms with Crippen molar-refractivity contribution in [3.8, 4) is 0 Å². The zero-order valence-electron chi connectivity index (χ0n) is 7.02. The Kier molecular flexibility index (Phi) is 2.49. The van der Waals surface area contributed by atoms with E-state index >= 15 is 0 Å². The molecule has 1 rings (SSSR count). The normalized spacial score (nSPS) is 26.1. The maximum Gasteiger partial charge on any atom is 0.215 e. The third-order valence-electron chi connectivity index (χ3n) is 1.99. The van der Waals surface area contributed by atoms with E-state index in [4.69, 9.17) is 9.16 Å². The van der Waals surface area contributed by atoms with Crippen LogP contribution in [-0.4, -0.2) is 27.3 Å². The van der Waals surface area contributed by atoms with Crippen LogP contribution >= 0.6 is 0 Å². The molecule has 1 atom stereocenters. The van der Waals surface area contributed by atoms with Crippen molar-refractivity contribution >= 4 is 8.32 Å². The summed E-state index contributed by atoms with van der Waals surface area (Å²) >= 11 is 0.